The van der Waals surface area contributed by atoms with Crippen molar-refractivity contribution >= 4 is 22.8 Å². The second kappa shape index (κ2) is 5.36. The Hall–Kier alpha value is -2.30. The zero-order chi connectivity index (χ0) is 17.0. The van der Waals surface area contributed by atoms with Crippen LogP contribution >= 0.6 is 0 Å². The van der Waals surface area contributed by atoms with Crippen LogP contribution < -0.4 is 0 Å². The van der Waals surface area contributed by atoms with Gasteiger partial charge in [0.25, 0.3) is 5.91 Å². The standard InChI is InChI=1S/C19H22N2O3/c1-10-5-11(2)13-7-17(20-16(13)6-10)18(22)21-8-14(12-3-4-12)15(9-21)19(23)24/h5-7,12,14-15,20H,3-4,8-9H2,1-2H3,(H,23,24)/t14-,15+/m1/s1. The number of carbonyl (C=O) groups excluding carboxylic acids is 1. The normalized spacial score (nSPS) is 23.8. The average molecular weight is 326 g/mol. The molecule has 24 heavy (non-hydrogen) atoms. The Morgan fingerprint density at radius 2 is 1.92 bits per heavy atom. The van der Waals surface area contributed by atoms with E-state index in [-0.39, 0.29) is 11.8 Å². The van der Waals surface area contributed by atoms with Gasteiger partial charge in [-0.3, -0.25) is 9.59 Å². The quantitative estimate of drug-likeness (QED) is 0.911. The molecule has 2 N–H and O–H groups in total. The molecule has 5 heteroatoms. The van der Waals surface area contributed by atoms with Gasteiger partial charge in [0.1, 0.15) is 5.69 Å². The summed E-state index contributed by atoms with van der Waals surface area (Å²) in [7, 11) is 0. The molecule has 0 spiro atoms. The first-order valence-electron chi connectivity index (χ1n) is 8.56. The fourth-order valence-electron chi connectivity index (χ4n) is 4.14. The lowest BCUT2D eigenvalue weighted by atomic mass is 9.92. The maximum Gasteiger partial charge on any atom is 0.308 e. The van der Waals surface area contributed by atoms with Crippen LogP contribution in [0.1, 0.15) is 34.5 Å². The molecule has 1 saturated carbocycles. The van der Waals surface area contributed by atoms with Crippen molar-refractivity contribution in [3.05, 3.63) is 35.0 Å². The van der Waals surface area contributed by atoms with E-state index in [1.54, 1.807) is 4.90 Å². The number of amides is 1. The van der Waals surface area contributed by atoms with E-state index >= 15 is 0 Å². The van der Waals surface area contributed by atoms with Crippen LogP contribution in [0, 0.1) is 31.6 Å². The summed E-state index contributed by atoms with van der Waals surface area (Å²) in [6.45, 7) is 4.96. The second-order valence-electron chi connectivity index (χ2n) is 7.38. The SMILES string of the molecule is Cc1cc(C)c2cc(C(=O)N3C[C@H](C(=O)O)[C@@H](C4CC4)C3)[nH]c2c1. The van der Waals surface area contributed by atoms with Gasteiger partial charge in [-0.25, -0.2) is 0 Å². The lowest BCUT2D eigenvalue weighted by molar-refractivity contribution is -0.142. The molecule has 1 aromatic heterocycles. The van der Waals surface area contributed by atoms with Crippen LogP contribution in [0.2, 0.25) is 0 Å². The molecule has 2 aromatic rings. The summed E-state index contributed by atoms with van der Waals surface area (Å²) in [5.74, 6) is -0.686. The van der Waals surface area contributed by atoms with Crippen molar-refractivity contribution in [1.29, 1.82) is 0 Å². The molecule has 2 heterocycles. The van der Waals surface area contributed by atoms with Crippen LogP contribution in [0.5, 0.6) is 0 Å². The molecule has 4 rings (SSSR count). The number of rotatable bonds is 3. The van der Waals surface area contributed by atoms with Gasteiger partial charge in [-0.2, -0.15) is 0 Å². The summed E-state index contributed by atoms with van der Waals surface area (Å²) in [5, 5.41) is 10.5. The fourth-order valence-corrected chi connectivity index (χ4v) is 4.14. The average Bonchev–Trinajstić information content (AvgIpc) is 3.11. The minimum absolute atomic E-state index is 0.0855. The third-order valence-corrected chi connectivity index (χ3v) is 5.52. The molecule has 1 aliphatic heterocycles. The maximum absolute atomic E-state index is 12.9. The van der Waals surface area contributed by atoms with E-state index < -0.39 is 11.9 Å². The van der Waals surface area contributed by atoms with E-state index in [0.29, 0.717) is 24.7 Å². The van der Waals surface area contributed by atoms with Gasteiger partial charge in [-0.15, -0.1) is 0 Å². The van der Waals surface area contributed by atoms with E-state index in [9.17, 15) is 14.7 Å². The van der Waals surface area contributed by atoms with Crippen LogP contribution in [0.3, 0.4) is 0 Å². The molecular weight excluding hydrogens is 304 g/mol. The number of fused-ring (bicyclic) bond motifs is 1. The van der Waals surface area contributed by atoms with Gasteiger partial charge in [0.05, 0.1) is 5.92 Å². The van der Waals surface area contributed by atoms with Gasteiger partial charge >= 0.3 is 5.97 Å². The Morgan fingerprint density at radius 3 is 2.58 bits per heavy atom. The first kappa shape index (κ1) is 15.2. The highest BCUT2D eigenvalue weighted by atomic mass is 16.4. The summed E-state index contributed by atoms with van der Waals surface area (Å²) in [6.07, 6.45) is 2.20. The molecule has 2 aliphatic rings. The topological polar surface area (TPSA) is 73.4 Å². The number of nitrogens with one attached hydrogen (secondary N) is 1. The number of aryl methyl sites for hydroxylation is 2. The van der Waals surface area contributed by atoms with E-state index in [1.807, 2.05) is 26.0 Å². The third-order valence-electron chi connectivity index (χ3n) is 5.52. The number of aliphatic carboxylic acids is 1. The number of carbonyl (C=O) groups is 2. The minimum atomic E-state index is -0.773. The van der Waals surface area contributed by atoms with Gasteiger partial charge in [0, 0.05) is 24.0 Å². The van der Waals surface area contributed by atoms with Crippen molar-refractivity contribution in [2.24, 2.45) is 17.8 Å². The Kier molecular flexibility index (Phi) is 3.41. The van der Waals surface area contributed by atoms with Gasteiger partial charge < -0.3 is 15.0 Å². The molecule has 1 aromatic carbocycles. The lowest BCUT2D eigenvalue weighted by Crippen LogP contribution is -2.30. The number of benzene rings is 1. The summed E-state index contributed by atoms with van der Waals surface area (Å²) < 4.78 is 0. The highest BCUT2D eigenvalue weighted by Gasteiger charge is 2.47. The van der Waals surface area contributed by atoms with Gasteiger partial charge in [-0.1, -0.05) is 6.07 Å². The molecule has 1 saturated heterocycles. The van der Waals surface area contributed by atoms with Crippen LogP contribution in [-0.4, -0.2) is 40.0 Å². The molecule has 0 radical (unpaired) electrons. The number of hydrogen-bond donors (Lipinski definition) is 2. The number of carboxylic acids is 1. The number of likely N-dealkylation sites (tertiary alicyclic amines) is 1. The summed E-state index contributed by atoms with van der Waals surface area (Å²) in [5.41, 5.74) is 3.81. The van der Waals surface area contributed by atoms with Crippen LogP contribution in [-0.2, 0) is 4.79 Å². The van der Waals surface area contributed by atoms with Crippen molar-refractivity contribution in [1.82, 2.24) is 9.88 Å². The first-order valence-corrected chi connectivity index (χ1v) is 8.56. The van der Waals surface area contributed by atoms with Crippen molar-refractivity contribution < 1.29 is 14.7 Å². The molecule has 1 amide bonds. The van der Waals surface area contributed by atoms with E-state index in [0.717, 1.165) is 34.9 Å². The molecule has 2 fully saturated rings. The Bertz CT molecular complexity index is 834. The largest absolute Gasteiger partial charge is 0.481 e. The number of aromatic amines is 1. The third kappa shape index (κ3) is 2.48. The Morgan fingerprint density at radius 1 is 1.17 bits per heavy atom. The summed E-state index contributed by atoms with van der Waals surface area (Å²) in [6, 6.07) is 6.03. The number of H-pyrrole nitrogens is 1. The van der Waals surface area contributed by atoms with Crippen molar-refractivity contribution in [2.75, 3.05) is 13.1 Å². The molecule has 1 aliphatic carbocycles. The number of nitrogens with zero attached hydrogens (tertiary/aromatic N) is 1. The summed E-state index contributed by atoms with van der Waals surface area (Å²) >= 11 is 0. The van der Waals surface area contributed by atoms with Gasteiger partial charge in [-0.05, 0) is 61.8 Å². The van der Waals surface area contributed by atoms with Gasteiger partial charge in [0.2, 0.25) is 0 Å². The van der Waals surface area contributed by atoms with Gasteiger partial charge in [0.15, 0.2) is 0 Å². The highest BCUT2D eigenvalue weighted by molar-refractivity contribution is 5.99. The number of hydrogen-bond acceptors (Lipinski definition) is 2. The molecule has 5 nitrogen and oxygen atoms in total. The van der Waals surface area contributed by atoms with Crippen LogP contribution in [0.4, 0.5) is 0 Å². The maximum atomic E-state index is 12.9. The first-order chi connectivity index (χ1) is 11.4. The smallest absolute Gasteiger partial charge is 0.308 e. The van der Waals surface area contributed by atoms with Crippen LogP contribution in [0.25, 0.3) is 10.9 Å². The van der Waals surface area contributed by atoms with Crippen LogP contribution in [0.15, 0.2) is 18.2 Å². The molecular formula is C19H22N2O3. The van der Waals surface area contributed by atoms with E-state index in [1.165, 1.54) is 0 Å². The molecule has 0 unspecified atom stereocenters. The monoisotopic (exact) mass is 326 g/mol. The van der Waals surface area contributed by atoms with Crippen molar-refractivity contribution in [3.8, 4) is 0 Å². The molecule has 2 atom stereocenters. The van der Waals surface area contributed by atoms with E-state index in [2.05, 4.69) is 11.1 Å². The van der Waals surface area contributed by atoms with Crippen molar-refractivity contribution in [3.63, 3.8) is 0 Å². The predicted molar refractivity (Wildman–Crippen MR) is 91.0 cm³/mol. The Labute approximate surface area is 140 Å². The zero-order valence-electron chi connectivity index (χ0n) is 14.0. The number of aromatic nitrogens is 1. The number of carboxylic acid groups (broad SMARTS) is 1. The zero-order valence-corrected chi connectivity index (χ0v) is 14.0. The summed E-state index contributed by atoms with van der Waals surface area (Å²) in [4.78, 5) is 29.3. The van der Waals surface area contributed by atoms with Crippen molar-refractivity contribution in [2.45, 2.75) is 26.7 Å². The predicted octanol–water partition coefficient (Wildman–Crippen LogP) is 2.97. The Balaban J connectivity index is 1.62. The van der Waals surface area contributed by atoms with E-state index in [4.69, 9.17) is 0 Å². The second-order valence-corrected chi connectivity index (χ2v) is 7.38. The molecule has 126 valence electrons. The highest BCUT2D eigenvalue weighted by Crippen LogP contribution is 2.44. The fraction of sp³-hybridized carbons (Fsp3) is 0.474. The lowest BCUT2D eigenvalue weighted by Gasteiger charge is -2.15. The minimum Gasteiger partial charge on any atom is -0.481 e. The molecule has 0 bridgehead atoms.